The Morgan fingerprint density at radius 2 is 2.00 bits per heavy atom. The van der Waals surface area contributed by atoms with Crippen molar-refractivity contribution in [3.05, 3.63) is 58.3 Å². The summed E-state index contributed by atoms with van der Waals surface area (Å²) < 4.78 is 3.54. The highest BCUT2D eigenvalue weighted by atomic mass is 35.5. The van der Waals surface area contributed by atoms with Gasteiger partial charge in [0.2, 0.25) is 0 Å². The van der Waals surface area contributed by atoms with Crippen molar-refractivity contribution in [3.63, 3.8) is 0 Å². The molecule has 0 saturated heterocycles. The summed E-state index contributed by atoms with van der Waals surface area (Å²) in [5, 5.41) is 12.7. The van der Waals surface area contributed by atoms with E-state index >= 15 is 0 Å². The molecule has 0 aliphatic carbocycles. The average Bonchev–Trinajstić information content (AvgIpc) is 3.06. The number of hydrogen-bond donors (Lipinski definition) is 1. The molecule has 7 heteroatoms. The third-order valence-electron chi connectivity index (χ3n) is 3.59. The number of aryl methyl sites for hydroxylation is 3. The minimum Gasteiger partial charge on any atom is -0.307 e. The van der Waals surface area contributed by atoms with Crippen molar-refractivity contribution in [1.82, 2.24) is 29.9 Å². The second-order valence-electron chi connectivity index (χ2n) is 5.57. The van der Waals surface area contributed by atoms with E-state index in [0.717, 1.165) is 22.8 Å². The zero-order chi connectivity index (χ0) is 16.4. The minimum absolute atomic E-state index is 0.594. The fraction of sp³-hybridized carbons (Fsp3) is 0.312. The molecule has 0 aliphatic heterocycles. The van der Waals surface area contributed by atoms with Crippen LogP contribution in [0.3, 0.4) is 0 Å². The van der Waals surface area contributed by atoms with Crippen molar-refractivity contribution in [1.29, 1.82) is 0 Å². The molecule has 3 aromatic heterocycles. The molecule has 0 atom stereocenters. The molecule has 6 nitrogen and oxygen atoms in total. The third-order valence-corrected chi connectivity index (χ3v) is 3.78. The molecule has 0 unspecified atom stereocenters. The summed E-state index contributed by atoms with van der Waals surface area (Å²) in [5.41, 5.74) is 4.23. The van der Waals surface area contributed by atoms with Crippen LogP contribution >= 0.6 is 11.6 Å². The Morgan fingerprint density at radius 1 is 1.17 bits per heavy atom. The first-order chi connectivity index (χ1) is 11.0. The molecule has 0 fully saturated rings. The summed E-state index contributed by atoms with van der Waals surface area (Å²) >= 11 is 5.97. The summed E-state index contributed by atoms with van der Waals surface area (Å²) in [5.74, 6) is 0.794. The summed E-state index contributed by atoms with van der Waals surface area (Å²) in [4.78, 5) is 4.59. The van der Waals surface area contributed by atoms with Crippen LogP contribution in [0.5, 0.6) is 0 Å². The van der Waals surface area contributed by atoms with E-state index in [9.17, 15) is 0 Å². The van der Waals surface area contributed by atoms with Gasteiger partial charge in [0.1, 0.15) is 0 Å². The largest absolute Gasteiger partial charge is 0.307 e. The van der Waals surface area contributed by atoms with Gasteiger partial charge < -0.3 is 5.32 Å². The Balaban J connectivity index is 1.76. The third kappa shape index (κ3) is 3.60. The first-order valence-electron chi connectivity index (χ1n) is 7.40. The van der Waals surface area contributed by atoms with Crippen LogP contribution in [0.15, 0.2) is 30.7 Å². The molecule has 0 aliphatic rings. The van der Waals surface area contributed by atoms with Crippen LogP contribution in [0.25, 0.3) is 5.82 Å². The van der Waals surface area contributed by atoms with Crippen LogP contribution in [0.2, 0.25) is 5.02 Å². The van der Waals surface area contributed by atoms with Gasteiger partial charge in [-0.2, -0.15) is 10.2 Å². The van der Waals surface area contributed by atoms with Gasteiger partial charge in [0.15, 0.2) is 5.82 Å². The van der Waals surface area contributed by atoms with Crippen molar-refractivity contribution < 1.29 is 0 Å². The Labute approximate surface area is 140 Å². The fourth-order valence-electron chi connectivity index (χ4n) is 2.47. The minimum atomic E-state index is 0.594. The predicted octanol–water partition coefficient (Wildman–Crippen LogP) is 2.56. The van der Waals surface area contributed by atoms with Gasteiger partial charge >= 0.3 is 0 Å². The summed E-state index contributed by atoms with van der Waals surface area (Å²) in [6.45, 7) is 5.41. The highest BCUT2D eigenvalue weighted by molar-refractivity contribution is 6.30. The smallest absolute Gasteiger partial charge is 0.158 e. The summed E-state index contributed by atoms with van der Waals surface area (Å²) in [6.07, 6.45) is 5.39. The van der Waals surface area contributed by atoms with E-state index in [1.807, 2.05) is 30.9 Å². The van der Waals surface area contributed by atoms with Gasteiger partial charge in [-0.3, -0.25) is 4.68 Å². The van der Waals surface area contributed by atoms with E-state index in [-0.39, 0.29) is 0 Å². The molecular weight excluding hydrogens is 312 g/mol. The Morgan fingerprint density at radius 3 is 2.65 bits per heavy atom. The van der Waals surface area contributed by atoms with Crippen molar-refractivity contribution in [2.45, 2.75) is 26.9 Å². The van der Waals surface area contributed by atoms with Gasteiger partial charge in [-0.15, -0.1) is 0 Å². The van der Waals surface area contributed by atoms with Gasteiger partial charge in [0, 0.05) is 37.6 Å². The highest BCUT2D eigenvalue weighted by Crippen LogP contribution is 2.15. The van der Waals surface area contributed by atoms with Crippen LogP contribution in [0.1, 0.15) is 22.5 Å². The second kappa shape index (κ2) is 6.52. The lowest BCUT2D eigenvalue weighted by Gasteiger charge is -2.10. The first kappa shape index (κ1) is 15.7. The number of aromatic nitrogens is 5. The van der Waals surface area contributed by atoms with Gasteiger partial charge in [-0.05, 0) is 25.5 Å². The van der Waals surface area contributed by atoms with E-state index in [2.05, 4.69) is 33.5 Å². The van der Waals surface area contributed by atoms with Crippen LogP contribution in [-0.4, -0.2) is 24.5 Å². The monoisotopic (exact) mass is 330 g/mol. The molecule has 0 radical (unpaired) electrons. The maximum Gasteiger partial charge on any atom is 0.158 e. The zero-order valence-electron chi connectivity index (χ0n) is 13.4. The number of hydrogen-bond acceptors (Lipinski definition) is 4. The lowest BCUT2D eigenvalue weighted by molar-refractivity contribution is 0.648. The Bertz CT molecular complexity index is 820. The van der Waals surface area contributed by atoms with E-state index in [1.54, 1.807) is 17.1 Å². The number of nitrogens with zero attached hydrogens (tertiary/aromatic N) is 5. The summed E-state index contributed by atoms with van der Waals surface area (Å²) in [7, 11) is 1.93. The van der Waals surface area contributed by atoms with Crippen molar-refractivity contribution in [2.75, 3.05) is 0 Å². The molecule has 0 bridgehead atoms. The first-order valence-corrected chi connectivity index (χ1v) is 7.77. The van der Waals surface area contributed by atoms with Crippen LogP contribution in [-0.2, 0) is 20.1 Å². The van der Waals surface area contributed by atoms with E-state index in [1.165, 1.54) is 5.56 Å². The van der Waals surface area contributed by atoms with Crippen molar-refractivity contribution >= 4 is 11.6 Å². The van der Waals surface area contributed by atoms with Gasteiger partial charge in [0.05, 0.1) is 23.1 Å². The molecular formula is C16H19ClN6. The average molecular weight is 331 g/mol. The lowest BCUT2D eigenvalue weighted by atomic mass is 10.2. The summed E-state index contributed by atoms with van der Waals surface area (Å²) in [6, 6.07) is 4.06. The second-order valence-corrected chi connectivity index (χ2v) is 6.01. The molecule has 3 aromatic rings. The molecule has 0 spiro atoms. The molecule has 0 amide bonds. The predicted molar refractivity (Wildman–Crippen MR) is 89.6 cm³/mol. The maximum atomic E-state index is 5.97. The van der Waals surface area contributed by atoms with Crippen LogP contribution < -0.4 is 5.32 Å². The standard InChI is InChI=1S/C16H19ClN6/c1-11-9-22(3)21-15(11)8-18-6-13-5-4-12(2)20-16(13)23-10-14(17)7-19-23/h4-5,7,9-10,18H,6,8H2,1-3H3. The quantitative estimate of drug-likeness (QED) is 0.781. The van der Waals surface area contributed by atoms with Gasteiger partial charge in [-0.1, -0.05) is 17.7 Å². The number of rotatable bonds is 5. The van der Waals surface area contributed by atoms with Crippen molar-refractivity contribution in [2.24, 2.45) is 7.05 Å². The normalized spacial score (nSPS) is 11.1. The van der Waals surface area contributed by atoms with Gasteiger partial charge in [-0.25, -0.2) is 9.67 Å². The van der Waals surface area contributed by atoms with E-state index in [4.69, 9.17) is 11.6 Å². The van der Waals surface area contributed by atoms with E-state index < -0.39 is 0 Å². The molecule has 3 heterocycles. The fourth-order valence-corrected chi connectivity index (χ4v) is 2.60. The molecule has 1 N–H and O–H groups in total. The number of nitrogens with one attached hydrogen (secondary N) is 1. The molecule has 3 rings (SSSR count). The number of halogens is 1. The highest BCUT2D eigenvalue weighted by Gasteiger charge is 2.09. The zero-order valence-corrected chi connectivity index (χ0v) is 14.2. The topological polar surface area (TPSA) is 60.6 Å². The van der Waals surface area contributed by atoms with Crippen LogP contribution in [0.4, 0.5) is 0 Å². The SMILES string of the molecule is Cc1ccc(CNCc2nn(C)cc2C)c(-n2cc(Cl)cn2)n1. The van der Waals surface area contributed by atoms with E-state index in [0.29, 0.717) is 18.1 Å². The number of pyridine rings is 1. The molecule has 0 aromatic carbocycles. The molecule has 120 valence electrons. The lowest BCUT2D eigenvalue weighted by Crippen LogP contribution is -2.16. The Hall–Kier alpha value is -2.18. The Kier molecular flexibility index (Phi) is 4.45. The van der Waals surface area contributed by atoms with Gasteiger partial charge in [0.25, 0.3) is 0 Å². The molecule has 0 saturated carbocycles. The van der Waals surface area contributed by atoms with Crippen LogP contribution in [0, 0.1) is 13.8 Å². The maximum absolute atomic E-state index is 5.97. The van der Waals surface area contributed by atoms with Crippen molar-refractivity contribution in [3.8, 4) is 5.82 Å². The molecule has 23 heavy (non-hydrogen) atoms.